The van der Waals surface area contributed by atoms with Gasteiger partial charge in [-0.2, -0.15) is 0 Å². The molecule has 0 saturated carbocycles. The van der Waals surface area contributed by atoms with Gasteiger partial charge in [0.05, 0.1) is 11.6 Å². The lowest BCUT2D eigenvalue weighted by molar-refractivity contribution is 0.134. The van der Waals surface area contributed by atoms with Gasteiger partial charge in [0, 0.05) is 32.7 Å². The van der Waals surface area contributed by atoms with Gasteiger partial charge >= 0.3 is 6.03 Å². The van der Waals surface area contributed by atoms with Gasteiger partial charge in [-0.3, -0.25) is 4.90 Å². The molecule has 0 bridgehead atoms. The van der Waals surface area contributed by atoms with Gasteiger partial charge in [-0.1, -0.05) is 41.9 Å². The number of nitrogens with zero attached hydrogens (tertiary/aromatic N) is 2. The molecule has 0 radical (unpaired) electrons. The van der Waals surface area contributed by atoms with E-state index in [9.17, 15) is 9.18 Å². The lowest BCUT2D eigenvalue weighted by atomic mass is 10.2. The molecule has 144 valence electrons. The zero-order valence-electron chi connectivity index (χ0n) is 15.0. The van der Waals surface area contributed by atoms with Gasteiger partial charge in [-0.05, 0) is 23.8 Å². The summed E-state index contributed by atoms with van der Waals surface area (Å²) in [7, 11) is 0. The van der Waals surface area contributed by atoms with Gasteiger partial charge in [-0.25, -0.2) is 9.18 Å². The molecule has 0 unspecified atom stereocenters. The van der Waals surface area contributed by atoms with E-state index < -0.39 is 5.82 Å². The van der Waals surface area contributed by atoms with Gasteiger partial charge in [0.1, 0.15) is 18.2 Å². The van der Waals surface area contributed by atoms with Crippen molar-refractivity contribution in [2.24, 2.45) is 0 Å². The molecule has 0 spiro atoms. The van der Waals surface area contributed by atoms with Crippen molar-refractivity contribution in [3.63, 3.8) is 0 Å². The van der Waals surface area contributed by atoms with Gasteiger partial charge in [0.25, 0.3) is 0 Å². The monoisotopic (exact) mass is 391 g/mol. The quantitative estimate of drug-likeness (QED) is 0.768. The topological polar surface area (TPSA) is 44.8 Å². The molecule has 5 nitrogen and oxygen atoms in total. The molecule has 0 atom stereocenters. The van der Waals surface area contributed by atoms with E-state index in [-0.39, 0.29) is 17.7 Å². The van der Waals surface area contributed by atoms with E-state index >= 15 is 0 Å². The number of rotatable bonds is 6. The van der Waals surface area contributed by atoms with Crippen LogP contribution in [0.2, 0.25) is 5.02 Å². The second-order valence-electron chi connectivity index (χ2n) is 6.40. The zero-order valence-corrected chi connectivity index (χ0v) is 15.8. The van der Waals surface area contributed by atoms with Crippen LogP contribution in [0.15, 0.2) is 48.5 Å². The molecular weight excluding hydrogens is 369 g/mol. The first-order valence-corrected chi connectivity index (χ1v) is 9.36. The van der Waals surface area contributed by atoms with E-state index in [1.807, 2.05) is 23.1 Å². The number of benzene rings is 2. The zero-order chi connectivity index (χ0) is 19.1. The van der Waals surface area contributed by atoms with Crippen LogP contribution in [0.25, 0.3) is 0 Å². The highest BCUT2D eigenvalue weighted by atomic mass is 35.5. The van der Waals surface area contributed by atoms with Gasteiger partial charge < -0.3 is 15.0 Å². The predicted octanol–water partition coefficient (Wildman–Crippen LogP) is 3.39. The van der Waals surface area contributed by atoms with E-state index in [0.717, 1.165) is 19.6 Å². The number of hydrogen-bond donors (Lipinski definition) is 1. The Labute approximate surface area is 163 Å². The summed E-state index contributed by atoms with van der Waals surface area (Å²) in [5.41, 5.74) is 1.28. The van der Waals surface area contributed by atoms with Crippen molar-refractivity contribution in [1.29, 1.82) is 0 Å². The van der Waals surface area contributed by atoms with Crippen LogP contribution in [-0.2, 0) is 6.54 Å². The Morgan fingerprint density at radius 2 is 1.85 bits per heavy atom. The van der Waals surface area contributed by atoms with E-state index in [0.29, 0.717) is 25.4 Å². The molecule has 1 heterocycles. The van der Waals surface area contributed by atoms with E-state index in [1.54, 1.807) is 0 Å². The van der Waals surface area contributed by atoms with Crippen molar-refractivity contribution in [2.45, 2.75) is 6.54 Å². The molecule has 3 rings (SSSR count). The Hall–Kier alpha value is -2.31. The summed E-state index contributed by atoms with van der Waals surface area (Å²) >= 11 is 5.90. The fourth-order valence-electron chi connectivity index (χ4n) is 2.97. The summed E-state index contributed by atoms with van der Waals surface area (Å²) in [4.78, 5) is 16.4. The van der Waals surface area contributed by atoms with Crippen LogP contribution in [0.4, 0.5) is 9.18 Å². The number of nitrogens with one attached hydrogen (secondary N) is 1. The second-order valence-corrected chi connectivity index (χ2v) is 6.81. The molecular formula is C20H23ClFN3O2. The maximum Gasteiger partial charge on any atom is 0.317 e. The maximum absolute atomic E-state index is 13.0. The Morgan fingerprint density at radius 3 is 2.56 bits per heavy atom. The second kappa shape index (κ2) is 9.58. The SMILES string of the molecule is O=C(NCCOc1ccc(F)cc1Cl)N1CCN(Cc2ccccc2)CC1. The van der Waals surface area contributed by atoms with Crippen molar-refractivity contribution in [2.75, 3.05) is 39.3 Å². The van der Waals surface area contributed by atoms with Crippen molar-refractivity contribution in [1.82, 2.24) is 15.1 Å². The van der Waals surface area contributed by atoms with Crippen LogP contribution >= 0.6 is 11.6 Å². The molecule has 1 aliphatic rings. The third-order valence-electron chi connectivity index (χ3n) is 4.44. The van der Waals surface area contributed by atoms with Crippen LogP contribution in [-0.4, -0.2) is 55.2 Å². The molecule has 7 heteroatoms. The van der Waals surface area contributed by atoms with E-state index in [1.165, 1.54) is 23.8 Å². The smallest absolute Gasteiger partial charge is 0.317 e. The molecule has 1 N–H and O–H groups in total. The number of piperazine rings is 1. The third-order valence-corrected chi connectivity index (χ3v) is 4.73. The summed E-state index contributed by atoms with van der Waals surface area (Å²) in [5, 5.41) is 3.06. The van der Waals surface area contributed by atoms with Crippen molar-refractivity contribution in [3.05, 3.63) is 64.9 Å². The normalized spacial score (nSPS) is 14.8. The molecule has 1 aliphatic heterocycles. The molecule has 2 aromatic rings. The molecule has 1 fully saturated rings. The highest BCUT2D eigenvalue weighted by Gasteiger charge is 2.20. The lowest BCUT2D eigenvalue weighted by Crippen LogP contribution is -2.51. The minimum absolute atomic E-state index is 0.0943. The largest absolute Gasteiger partial charge is 0.490 e. The fourth-order valence-corrected chi connectivity index (χ4v) is 3.20. The number of ether oxygens (including phenoxy) is 1. The van der Waals surface area contributed by atoms with Crippen LogP contribution in [0, 0.1) is 5.82 Å². The Balaban J connectivity index is 1.34. The summed E-state index contributed by atoms with van der Waals surface area (Å²) in [6.45, 7) is 4.63. The Morgan fingerprint density at radius 1 is 1.11 bits per heavy atom. The summed E-state index contributed by atoms with van der Waals surface area (Å²) in [6.07, 6.45) is 0. The number of urea groups is 1. The summed E-state index contributed by atoms with van der Waals surface area (Å²) in [5.74, 6) is -0.00565. The Bertz CT molecular complexity index is 752. The maximum atomic E-state index is 13.0. The van der Waals surface area contributed by atoms with Crippen LogP contribution < -0.4 is 10.1 Å². The predicted molar refractivity (Wildman–Crippen MR) is 104 cm³/mol. The number of hydrogen-bond acceptors (Lipinski definition) is 3. The molecule has 2 amide bonds. The minimum Gasteiger partial charge on any atom is -0.490 e. The fraction of sp³-hybridized carbons (Fsp3) is 0.350. The lowest BCUT2D eigenvalue weighted by Gasteiger charge is -2.34. The van der Waals surface area contributed by atoms with Gasteiger partial charge in [-0.15, -0.1) is 0 Å². The standard InChI is InChI=1S/C20H23ClFN3O2/c21-18-14-17(22)6-7-19(18)27-13-8-23-20(26)25-11-9-24(10-12-25)15-16-4-2-1-3-5-16/h1-7,14H,8-13,15H2,(H,23,26). The van der Waals surface area contributed by atoms with Crippen molar-refractivity contribution >= 4 is 17.6 Å². The molecule has 2 aromatic carbocycles. The molecule has 27 heavy (non-hydrogen) atoms. The van der Waals surface area contributed by atoms with Crippen LogP contribution in [0.5, 0.6) is 5.75 Å². The highest BCUT2D eigenvalue weighted by Crippen LogP contribution is 2.24. The van der Waals surface area contributed by atoms with E-state index in [4.69, 9.17) is 16.3 Å². The minimum atomic E-state index is -0.410. The highest BCUT2D eigenvalue weighted by molar-refractivity contribution is 6.32. The van der Waals surface area contributed by atoms with Crippen molar-refractivity contribution < 1.29 is 13.9 Å². The first kappa shape index (κ1) is 19.5. The first-order valence-electron chi connectivity index (χ1n) is 8.99. The number of amides is 2. The number of carbonyl (C=O) groups is 1. The molecule has 0 aliphatic carbocycles. The number of carbonyl (C=O) groups excluding carboxylic acids is 1. The first-order chi connectivity index (χ1) is 13.1. The van der Waals surface area contributed by atoms with Crippen LogP contribution in [0.1, 0.15) is 5.56 Å². The third kappa shape index (κ3) is 5.84. The Kier molecular flexibility index (Phi) is 6.90. The molecule has 1 saturated heterocycles. The molecule has 0 aromatic heterocycles. The van der Waals surface area contributed by atoms with E-state index in [2.05, 4.69) is 22.3 Å². The summed E-state index contributed by atoms with van der Waals surface area (Å²) in [6, 6.07) is 14.2. The number of halogens is 2. The average molecular weight is 392 g/mol. The van der Waals surface area contributed by atoms with Gasteiger partial charge in [0.15, 0.2) is 0 Å². The van der Waals surface area contributed by atoms with Crippen molar-refractivity contribution in [3.8, 4) is 5.75 Å². The summed E-state index contributed by atoms with van der Waals surface area (Å²) < 4.78 is 18.5. The van der Waals surface area contributed by atoms with Gasteiger partial charge in [0.2, 0.25) is 0 Å². The average Bonchev–Trinajstić information content (AvgIpc) is 2.68. The van der Waals surface area contributed by atoms with Crippen LogP contribution in [0.3, 0.4) is 0 Å².